The van der Waals surface area contributed by atoms with Crippen molar-refractivity contribution < 1.29 is 15.0 Å². The van der Waals surface area contributed by atoms with Crippen LogP contribution in [0.2, 0.25) is 0 Å². The van der Waals surface area contributed by atoms with Crippen molar-refractivity contribution in [3.63, 3.8) is 0 Å². The van der Waals surface area contributed by atoms with E-state index in [0.29, 0.717) is 0 Å². The molecule has 0 atom stereocenters. The minimum absolute atomic E-state index is 0.0768. The molecule has 0 spiro atoms. The Morgan fingerprint density at radius 2 is 1.50 bits per heavy atom. The highest BCUT2D eigenvalue weighted by Gasteiger charge is 1.94. The molecule has 0 saturated carbocycles. The molecular weight excluding hydrogens is 136 g/mol. The van der Waals surface area contributed by atoms with Gasteiger partial charge in [-0.25, -0.2) is 4.79 Å². The van der Waals surface area contributed by atoms with Crippen LogP contribution in [-0.2, 0) is 0 Å². The van der Waals surface area contributed by atoms with E-state index in [0.717, 1.165) is 0 Å². The summed E-state index contributed by atoms with van der Waals surface area (Å²) >= 11 is 0. The minimum Gasteiger partial charge on any atom is -0.395 e. The van der Waals surface area contributed by atoms with E-state index in [1.54, 1.807) is 0 Å². The first-order valence-corrected chi connectivity index (χ1v) is 3.04. The van der Waals surface area contributed by atoms with Crippen LogP contribution < -0.4 is 10.6 Å². The molecule has 0 fully saturated rings. The summed E-state index contributed by atoms with van der Waals surface area (Å²) in [7, 11) is 0. The number of carbonyl (C=O) groups is 1. The SMILES string of the molecule is O=C(NCCO)NCCO. The monoisotopic (exact) mass is 148 g/mol. The second-order valence-corrected chi connectivity index (χ2v) is 1.63. The van der Waals surface area contributed by atoms with Crippen LogP contribution in [0.25, 0.3) is 0 Å². The van der Waals surface area contributed by atoms with E-state index in [4.69, 9.17) is 10.2 Å². The minimum atomic E-state index is -0.372. The molecule has 0 unspecified atom stereocenters. The van der Waals surface area contributed by atoms with Gasteiger partial charge in [0.15, 0.2) is 0 Å². The smallest absolute Gasteiger partial charge is 0.314 e. The number of hydrogen-bond donors (Lipinski definition) is 4. The lowest BCUT2D eigenvalue weighted by atomic mass is 10.6. The number of aliphatic hydroxyl groups excluding tert-OH is 2. The number of carbonyl (C=O) groups excluding carboxylic acids is 1. The fourth-order valence-electron chi connectivity index (χ4n) is 0.401. The Hall–Kier alpha value is -0.810. The second-order valence-electron chi connectivity index (χ2n) is 1.63. The summed E-state index contributed by atoms with van der Waals surface area (Å²) in [6, 6.07) is -0.372. The fraction of sp³-hybridized carbons (Fsp3) is 0.800. The van der Waals surface area contributed by atoms with Crippen molar-refractivity contribution in [3.8, 4) is 0 Å². The molecule has 10 heavy (non-hydrogen) atoms. The summed E-state index contributed by atoms with van der Waals surface area (Å²) in [6.07, 6.45) is 0. The summed E-state index contributed by atoms with van der Waals surface area (Å²) in [6.45, 7) is 0.313. The summed E-state index contributed by atoms with van der Waals surface area (Å²) in [5.41, 5.74) is 0. The van der Waals surface area contributed by atoms with Gasteiger partial charge in [-0.15, -0.1) is 0 Å². The standard InChI is InChI=1S/C5H12N2O3/c8-3-1-6-5(10)7-2-4-9/h8-9H,1-4H2,(H2,6,7,10). The van der Waals surface area contributed by atoms with Gasteiger partial charge in [-0.3, -0.25) is 0 Å². The average molecular weight is 148 g/mol. The molecule has 0 bridgehead atoms. The normalized spacial score (nSPS) is 9.00. The van der Waals surface area contributed by atoms with Crippen molar-refractivity contribution >= 4 is 6.03 Å². The van der Waals surface area contributed by atoms with E-state index in [-0.39, 0.29) is 32.3 Å². The van der Waals surface area contributed by atoms with Gasteiger partial charge in [0.05, 0.1) is 13.2 Å². The third-order valence-corrected chi connectivity index (χ3v) is 0.795. The molecule has 0 aromatic heterocycles. The molecule has 0 aromatic carbocycles. The first-order chi connectivity index (χ1) is 4.81. The first kappa shape index (κ1) is 9.19. The van der Waals surface area contributed by atoms with Crippen molar-refractivity contribution in [2.45, 2.75) is 0 Å². The Morgan fingerprint density at radius 3 is 1.80 bits per heavy atom. The van der Waals surface area contributed by atoms with Gasteiger partial charge in [0.25, 0.3) is 0 Å². The highest BCUT2D eigenvalue weighted by Crippen LogP contribution is 1.62. The van der Waals surface area contributed by atoms with Crippen LogP contribution in [0.15, 0.2) is 0 Å². The largest absolute Gasteiger partial charge is 0.395 e. The number of urea groups is 1. The Balaban J connectivity index is 3.09. The van der Waals surface area contributed by atoms with E-state index in [1.165, 1.54) is 0 Å². The zero-order valence-corrected chi connectivity index (χ0v) is 5.63. The molecule has 0 rings (SSSR count). The molecule has 5 heteroatoms. The van der Waals surface area contributed by atoms with Gasteiger partial charge in [-0.05, 0) is 0 Å². The summed E-state index contributed by atoms with van der Waals surface area (Å²) in [4.78, 5) is 10.5. The maximum absolute atomic E-state index is 10.5. The third-order valence-electron chi connectivity index (χ3n) is 0.795. The van der Waals surface area contributed by atoms with Crippen molar-refractivity contribution in [3.05, 3.63) is 0 Å². The van der Waals surface area contributed by atoms with Crippen LogP contribution in [0.1, 0.15) is 0 Å². The average Bonchev–Trinajstić information content (AvgIpc) is 1.97. The van der Waals surface area contributed by atoms with E-state index < -0.39 is 0 Å². The number of aliphatic hydroxyl groups is 2. The Morgan fingerprint density at radius 1 is 1.10 bits per heavy atom. The number of nitrogens with one attached hydrogen (secondary N) is 2. The van der Waals surface area contributed by atoms with Crippen molar-refractivity contribution in [1.29, 1.82) is 0 Å². The van der Waals surface area contributed by atoms with Gasteiger partial charge in [0.1, 0.15) is 0 Å². The maximum Gasteiger partial charge on any atom is 0.314 e. The zero-order valence-electron chi connectivity index (χ0n) is 5.63. The summed E-state index contributed by atoms with van der Waals surface area (Å²) in [5.74, 6) is 0. The lowest BCUT2D eigenvalue weighted by molar-refractivity contribution is 0.228. The van der Waals surface area contributed by atoms with Crippen molar-refractivity contribution in [1.82, 2.24) is 10.6 Å². The lowest BCUT2D eigenvalue weighted by Gasteiger charge is -2.03. The predicted molar refractivity (Wildman–Crippen MR) is 35.6 cm³/mol. The van der Waals surface area contributed by atoms with Crippen molar-refractivity contribution in [2.75, 3.05) is 26.3 Å². The van der Waals surface area contributed by atoms with Gasteiger partial charge >= 0.3 is 6.03 Å². The van der Waals surface area contributed by atoms with Crippen LogP contribution in [0.3, 0.4) is 0 Å². The van der Waals surface area contributed by atoms with E-state index >= 15 is 0 Å². The second kappa shape index (κ2) is 6.31. The molecule has 0 heterocycles. The number of hydrogen-bond acceptors (Lipinski definition) is 3. The zero-order chi connectivity index (χ0) is 7.82. The van der Waals surface area contributed by atoms with E-state index in [2.05, 4.69) is 10.6 Å². The van der Waals surface area contributed by atoms with Crippen LogP contribution in [-0.4, -0.2) is 42.5 Å². The first-order valence-electron chi connectivity index (χ1n) is 3.04. The molecule has 60 valence electrons. The third kappa shape index (κ3) is 5.33. The van der Waals surface area contributed by atoms with Gasteiger partial charge in [-0.2, -0.15) is 0 Å². The van der Waals surface area contributed by atoms with E-state index in [9.17, 15) is 4.79 Å². The molecule has 0 aliphatic rings. The highest BCUT2D eigenvalue weighted by atomic mass is 16.3. The molecule has 0 aliphatic heterocycles. The molecule has 4 N–H and O–H groups in total. The van der Waals surface area contributed by atoms with Crippen LogP contribution in [0.4, 0.5) is 4.79 Å². The molecule has 0 aliphatic carbocycles. The van der Waals surface area contributed by atoms with Gasteiger partial charge < -0.3 is 20.8 Å². The lowest BCUT2D eigenvalue weighted by Crippen LogP contribution is -2.38. The fourth-order valence-corrected chi connectivity index (χ4v) is 0.401. The van der Waals surface area contributed by atoms with E-state index in [1.807, 2.05) is 0 Å². The van der Waals surface area contributed by atoms with Gasteiger partial charge in [-0.1, -0.05) is 0 Å². The number of rotatable bonds is 4. The van der Waals surface area contributed by atoms with Gasteiger partial charge in [0, 0.05) is 13.1 Å². The quantitative estimate of drug-likeness (QED) is 0.382. The highest BCUT2D eigenvalue weighted by molar-refractivity contribution is 5.73. The maximum atomic E-state index is 10.5. The Labute approximate surface area is 59.0 Å². The Bertz CT molecular complexity index is 86.9. The molecule has 0 aromatic rings. The molecule has 0 saturated heterocycles. The predicted octanol–water partition coefficient (Wildman–Crippen LogP) is -1.73. The topological polar surface area (TPSA) is 81.6 Å². The van der Waals surface area contributed by atoms with Crippen molar-refractivity contribution in [2.24, 2.45) is 0 Å². The van der Waals surface area contributed by atoms with Crippen LogP contribution in [0, 0.1) is 0 Å². The van der Waals surface area contributed by atoms with Gasteiger partial charge in [0.2, 0.25) is 0 Å². The van der Waals surface area contributed by atoms with Crippen LogP contribution >= 0.6 is 0 Å². The summed E-state index contributed by atoms with van der Waals surface area (Å²) in [5, 5.41) is 21.2. The van der Waals surface area contributed by atoms with Crippen LogP contribution in [0.5, 0.6) is 0 Å². The molecule has 5 nitrogen and oxygen atoms in total. The molecular formula is C5H12N2O3. The number of amides is 2. The summed E-state index contributed by atoms with van der Waals surface area (Å²) < 4.78 is 0. The molecule has 2 amide bonds. The molecule has 0 radical (unpaired) electrons. The Kier molecular flexibility index (Phi) is 5.80.